The SMILES string of the molecule is COCc1nc2ncc3c(=O)n(-c4n[nH]c(-c5ccc(OC)cc5)n4)ccc3n2n1. The molecule has 0 fully saturated rings. The summed E-state index contributed by atoms with van der Waals surface area (Å²) in [6.45, 7) is 0.257. The van der Waals surface area contributed by atoms with E-state index in [1.807, 2.05) is 24.3 Å². The first-order valence-electron chi connectivity index (χ1n) is 9.00. The Kier molecular flexibility index (Phi) is 4.21. The van der Waals surface area contributed by atoms with E-state index in [1.54, 1.807) is 26.5 Å². The van der Waals surface area contributed by atoms with Crippen LogP contribution in [-0.2, 0) is 11.3 Å². The summed E-state index contributed by atoms with van der Waals surface area (Å²) < 4.78 is 13.1. The number of pyridine rings is 1. The molecule has 30 heavy (non-hydrogen) atoms. The topological polar surface area (TPSA) is 125 Å². The first kappa shape index (κ1) is 17.9. The largest absolute Gasteiger partial charge is 0.497 e. The van der Waals surface area contributed by atoms with Gasteiger partial charge in [-0.05, 0) is 30.3 Å². The molecule has 1 aromatic carbocycles. The highest BCUT2D eigenvalue weighted by Crippen LogP contribution is 2.19. The lowest BCUT2D eigenvalue weighted by molar-refractivity contribution is 0.178. The van der Waals surface area contributed by atoms with Crippen LogP contribution in [0.15, 0.2) is 47.5 Å². The van der Waals surface area contributed by atoms with Gasteiger partial charge in [0.05, 0.1) is 18.0 Å². The average molecular weight is 404 g/mol. The van der Waals surface area contributed by atoms with Gasteiger partial charge >= 0.3 is 0 Å². The van der Waals surface area contributed by atoms with E-state index in [-0.39, 0.29) is 18.1 Å². The number of ether oxygens (including phenoxy) is 2. The number of H-pyrrole nitrogens is 1. The molecule has 150 valence electrons. The molecule has 0 saturated carbocycles. The van der Waals surface area contributed by atoms with Gasteiger partial charge < -0.3 is 9.47 Å². The lowest BCUT2D eigenvalue weighted by Crippen LogP contribution is -2.20. The fourth-order valence-electron chi connectivity index (χ4n) is 3.15. The molecule has 0 aliphatic rings. The molecule has 0 amide bonds. The van der Waals surface area contributed by atoms with Gasteiger partial charge in [-0.2, -0.15) is 14.5 Å². The molecule has 5 aromatic rings. The van der Waals surface area contributed by atoms with E-state index in [9.17, 15) is 4.79 Å². The summed E-state index contributed by atoms with van der Waals surface area (Å²) in [6, 6.07) is 9.11. The Balaban J connectivity index is 1.58. The van der Waals surface area contributed by atoms with Crippen molar-refractivity contribution in [3.05, 3.63) is 58.9 Å². The van der Waals surface area contributed by atoms with Gasteiger partial charge in [-0.1, -0.05) is 0 Å². The minimum Gasteiger partial charge on any atom is -0.497 e. The van der Waals surface area contributed by atoms with Gasteiger partial charge in [0, 0.05) is 25.1 Å². The fourth-order valence-corrected chi connectivity index (χ4v) is 3.15. The second-order valence-corrected chi connectivity index (χ2v) is 6.43. The molecule has 11 nitrogen and oxygen atoms in total. The third-order valence-corrected chi connectivity index (χ3v) is 4.60. The second-order valence-electron chi connectivity index (χ2n) is 6.43. The Hall–Kier alpha value is -4.12. The van der Waals surface area contributed by atoms with E-state index >= 15 is 0 Å². The highest BCUT2D eigenvalue weighted by molar-refractivity contribution is 5.78. The van der Waals surface area contributed by atoms with Crippen LogP contribution in [0.4, 0.5) is 0 Å². The normalized spacial score (nSPS) is 11.4. The molecule has 5 rings (SSSR count). The summed E-state index contributed by atoms with van der Waals surface area (Å²) >= 11 is 0. The third-order valence-electron chi connectivity index (χ3n) is 4.60. The van der Waals surface area contributed by atoms with Crippen molar-refractivity contribution in [2.24, 2.45) is 0 Å². The molecule has 0 aliphatic carbocycles. The molecule has 0 saturated heterocycles. The van der Waals surface area contributed by atoms with Crippen LogP contribution in [0.2, 0.25) is 0 Å². The van der Waals surface area contributed by atoms with Crippen LogP contribution >= 0.6 is 0 Å². The van der Waals surface area contributed by atoms with E-state index in [4.69, 9.17) is 9.47 Å². The third kappa shape index (κ3) is 2.88. The minimum absolute atomic E-state index is 0.228. The van der Waals surface area contributed by atoms with Crippen molar-refractivity contribution in [3.63, 3.8) is 0 Å². The Labute approximate surface area is 169 Å². The molecule has 0 bridgehead atoms. The Morgan fingerprint density at radius 1 is 1.10 bits per heavy atom. The Morgan fingerprint density at radius 2 is 1.93 bits per heavy atom. The quantitative estimate of drug-likeness (QED) is 0.466. The summed E-state index contributed by atoms with van der Waals surface area (Å²) in [5, 5.41) is 11.8. The number of aromatic nitrogens is 8. The van der Waals surface area contributed by atoms with E-state index in [0.29, 0.717) is 28.3 Å². The number of methoxy groups -OCH3 is 2. The number of nitrogens with zero attached hydrogens (tertiary/aromatic N) is 7. The van der Waals surface area contributed by atoms with Crippen molar-refractivity contribution in [2.75, 3.05) is 14.2 Å². The molecule has 0 aliphatic heterocycles. The van der Waals surface area contributed by atoms with Gasteiger partial charge in [-0.25, -0.2) is 9.55 Å². The Morgan fingerprint density at radius 3 is 2.70 bits per heavy atom. The summed E-state index contributed by atoms with van der Waals surface area (Å²) in [4.78, 5) is 26.0. The first-order valence-corrected chi connectivity index (χ1v) is 9.00. The van der Waals surface area contributed by atoms with Crippen LogP contribution in [0.25, 0.3) is 34.0 Å². The van der Waals surface area contributed by atoms with E-state index in [1.165, 1.54) is 15.3 Å². The van der Waals surface area contributed by atoms with Gasteiger partial charge in [0.25, 0.3) is 17.3 Å². The van der Waals surface area contributed by atoms with Crippen LogP contribution in [0, 0.1) is 0 Å². The van der Waals surface area contributed by atoms with Crippen molar-refractivity contribution >= 4 is 16.7 Å². The number of hydrogen-bond acceptors (Lipinski definition) is 8. The molecule has 11 heteroatoms. The van der Waals surface area contributed by atoms with Gasteiger partial charge in [-0.3, -0.25) is 9.89 Å². The van der Waals surface area contributed by atoms with E-state index in [2.05, 4.69) is 30.2 Å². The molecule has 0 unspecified atom stereocenters. The molecule has 4 heterocycles. The van der Waals surface area contributed by atoms with Crippen molar-refractivity contribution in [3.8, 4) is 23.1 Å². The predicted molar refractivity (Wildman–Crippen MR) is 107 cm³/mol. The van der Waals surface area contributed by atoms with Crippen molar-refractivity contribution in [2.45, 2.75) is 6.61 Å². The molecule has 4 aromatic heterocycles. The van der Waals surface area contributed by atoms with Crippen molar-refractivity contribution < 1.29 is 9.47 Å². The van der Waals surface area contributed by atoms with Gasteiger partial charge in [-0.15, -0.1) is 10.2 Å². The molecule has 0 atom stereocenters. The number of rotatable bonds is 5. The van der Waals surface area contributed by atoms with Crippen molar-refractivity contribution in [1.29, 1.82) is 0 Å². The van der Waals surface area contributed by atoms with Crippen LogP contribution in [0.5, 0.6) is 5.75 Å². The van der Waals surface area contributed by atoms with Crippen LogP contribution in [-0.4, -0.2) is 53.6 Å². The van der Waals surface area contributed by atoms with Gasteiger partial charge in [0.1, 0.15) is 12.4 Å². The second kappa shape index (κ2) is 7.04. The smallest absolute Gasteiger partial charge is 0.268 e. The van der Waals surface area contributed by atoms with Crippen LogP contribution in [0.1, 0.15) is 5.82 Å². The molecule has 0 spiro atoms. The maximum atomic E-state index is 13.1. The summed E-state index contributed by atoms with van der Waals surface area (Å²) in [6.07, 6.45) is 3.08. The van der Waals surface area contributed by atoms with E-state index in [0.717, 1.165) is 11.3 Å². The molecular formula is C19H16N8O3. The zero-order chi connectivity index (χ0) is 20.7. The van der Waals surface area contributed by atoms with Crippen LogP contribution < -0.4 is 10.3 Å². The maximum absolute atomic E-state index is 13.1. The zero-order valence-corrected chi connectivity index (χ0v) is 16.1. The number of fused-ring (bicyclic) bond motifs is 3. The van der Waals surface area contributed by atoms with Crippen LogP contribution in [0.3, 0.4) is 0 Å². The minimum atomic E-state index is -0.314. The maximum Gasteiger partial charge on any atom is 0.268 e. The van der Waals surface area contributed by atoms with E-state index < -0.39 is 0 Å². The molecule has 0 radical (unpaired) electrons. The summed E-state index contributed by atoms with van der Waals surface area (Å²) in [5.41, 5.74) is 1.09. The average Bonchev–Trinajstić information content (AvgIpc) is 3.41. The zero-order valence-electron chi connectivity index (χ0n) is 16.1. The predicted octanol–water partition coefficient (Wildman–Crippen LogP) is 1.37. The Bertz CT molecular complexity index is 1420. The monoisotopic (exact) mass is 404 g/mol. The summed E-state index contributed by atoms with van der Waals surface area (Å²) in [7, 11) is 3.17. The van der Waals surface area contributed by atoms with Gasteiger partial charge in [0.15, 0.2) is 11.6 Å². The summed E-state index contributed by atoms with van der Waals surface area (Å²) in [5.74, 6) is 2.39. The standard InChI is InChI=1S/C19H16N8O3/c1-29-10-15-21-18-20-9-13-14(27(18)25-15)7-8-26(17(13)28)19-22-16(23-24-19)11-3-5-12(30-2)6-4-11/h3-9H,10H2,1-2H3,(H,22,23,24). The highest BCUT2D eigenvalue weighted by Gasteiger charge is 2.14. The molecular weight excluding hydrogens is 388 g/mol. The first-order chi connectivity index (χ1) is 14.7. The number of aromatic amines is 1. The number of nitrogens with one attached hydrogen (secondary N) is 1. The highest BCUT2D eigenvalue weighted by atomic mass is 16.5. The number of benzene rings is 1. The lowest BCUT2D eigenvalue weighted by atomic mass is 10.2. The van der Waals surface area contributed by atoms with Crippen molar-refractivity contribution in [1.82, 2.24) is 39.3 Å². The lowest BCUT2D eigenvalue weighted by Gasteiger charge is -2.03. The van der Waals surface area contributed by atoms with Gasteiger partial charge in [0.2, 0.25) is 0 Å². The number of hydrogen-bond donors (Lipinski definition) is 1. The molecule has 1 N–H and O–H groups in total. The fraction of sp³-hybridized carbons (Fsp3) is 0.158.